The highest BCUT2D eigenvalue weighted by molar-refractivity contribution is 6.09. The summed E-state index contributed by atoms with van der Waals surface area (Å²) in [7, 11) is 2.90. The van der Waals surface area contributed by atoms with E-state index >= 15 is 0 Å². The first-order chi connectivity index (χ1) is 17.7. The number of esters is 1. The molecule has 3 aliphatic rings. The molecule has 4 atom stereocenters. The largest absolute Gasteiger partial charge is 0.496 e. The molecule has 2 fully saturated rings. The number of likely N-dealkylation sites (tertiary alicyclic amines) is 1. The van der Waals surface area contributed by atoms with Crippen LogP contribution in [0.5, 0.6) is 17.2 Å². The lowest BCUT2D eigenvalue weighted by molar-refractivity contribution is -0.155. The van der Waals surface area contributed by atoms with Crippen LogP contribution in [-0.2, 0) is 19.1 Å². The maximum absolute atomic E-state index is 13.5. The number of benzene rings is 2. The molecule has 5 rings (SSSR count). The van der Waals surface area contributed by atoms with Gasteiger partial charge < -0.3 is 18.9 Å². The van der Waals surface area contributed by atoms with E-state index in [0.717, 1.165) is 16.7 Å². The fraction of sp³-hybridized carbons (Fsp3) is 0.464. The zero-order chi connectivity index (χ0) is 26.5. The molecule has 0 bridgehead atoms. The number of nitrogens with zero attached hydrogens (tertiary/aromatic N) is 1. The van der Waals surface area contributed by atoms with Crippen LogP contribution in [0.3, 0.4) is 0 Å². The minimum atomic E-state index is -1.31. The number of rotatable bonds is 7. The van der Waals surface area contributed by atoms with E-state index in [0.29, 0.717) is 23.7 Å². The smallest absolute Gasteiger partial charge is 0.326 e. The van der Waals surface area contributed by atoms with Crippen LogP contribution in [0.1, 0.15) is 38.8 Å². The van der Waals surface area contributed by atoms with Gasteiger partial charge in [-0.25, -0.2) is 0 Å². The molecular weight excluding hydrogens is 476 g/mol. The summed E-state index contributed by atoms with van der Waals surface area (Å²) in [6.45, 7) is 6.17. The van der Waals surface area contributed by atoms with Gasteiger partial charge in [0.1, 0.15) is 11.3 Å². The first-order valence-corrected chi connectivity index (χ1v) is 12.5. The number of imide groups is 1. The average molecular weight is 509 g/mol. The van der Waals surface area contributed by atoms with Gasteiger partial charge in [-0.05, 0) is 48.6 Å². The molecular formula is C28H32N2O7. The minimum absolute atomic E-state index is 0.0764. The number of fused-ring (bicyclic) bond motifs is 2. The molecule has 9 nitrogen and oxygen atoms in total. The first-order valence-electron chi connectivity index (χ1n) is 12.5. The van der Waals surface area contributed by atoms with Gasteiger partial charge in [0, 0.05) is 18.2 Å². The lowest BCUT2D eigenvalue weighted by atomic mass is 9.75. The van der Waals surface area contributed by atoms with E-state index in [-0.39, 0.29) is 31.1 Å². The van der Waals surface area contributed by atoms with Gasteiger partial charge in [-0.1, -0.05) is 32.0 Å². The van der Waals surface area contributed by atoms with Crippen molar-refractivity contribution in [1.29, 1.82) is 0 Å². The summed E-state index contributed by atoms with van der Waals surface area (Å²) in [5.41, 5.74) is 1.17. The Morgan fingerprint density at radius 3 is 2.54 bits per heavy atom. The Balaban J connectivity index is 1.59. The molecule has 2 amide bonds. The highest BCUT2D eigenvalue weighted by Crippen LogP contribution is 2.52. The van der Waals surface area contributed by atoms with Crippen LogP contribution in [0.2, 0.25) is 0 Å². The van der Waals surface area contributed by atoms with Gasteiger partial charge >= 0.3 is 5.97 Å². The van der Waals surface area contributed by atoms with Gasteiger partial charge in [0.05, 0.1) is 26.1 Å². The third-order valence-corrected chi connectivity index (χ3v) is 7.61. The highest BCUT2D eigenvalue weighted by atomic mass is 16.7. The van der Waals surface area contributed by atoms with E-state index in [1.807, 2.05) is 50.2 Å². The van der Waals surface area contributed by atoms with Gasteiger partial charge in [-0.15, -0.1) is 0 Å². The summed E-state index contributed by atoms with van der Waals surface area (Å²) in [5.74, 6) is -0.686. The predicted octanol–water partition coefficient (Wildman–Crippen LogP) is 3.31. The fourth-order valence-electron chi connectivity index (χ4n) is 6.15. The van der Waals surface area contributed by atoms with Crippen molar-refractivity contribution in [3.8, 4) is 28.4 Å². The van der Waals surface area contributed by atoms with Crippen molar-refractivity contribution in [2.24, 2.45) is 17.8 Å². The van der Waals surface area contributed by atoms with Crippen molar-refractivity contribution in [2.45, 2.75) is 38.8 Å². The molecule has 3 heterocycles. The molecule has 3 unspecified atom stereocenters. The van der Waals surface area contributed by atoms with E-state index in [1.165, 1.54) is 12.0 Å². The third-order valence-electron chi connectivity index (χ3n) is 7.61. The van der Waals surface area contributed by atoms with Crippen LogP contribution >= 0.6 is 0 Å². The van der Waals surface area contributed by atoms with E-state index in [1.54, 1.807) is 14.0 Å². The molecule has 2 aromatic rings. The summed E-state index contributed by atoms with van der Waals surface area (Å²) in [6.07, 6.45) is 0.361. The monoisotopic (exact) mass is 508 g/mol. The van der Waals surface area contributed by atoms with E-state index < -0.39 is 29.4 Å². The Bertz CT molecular complexity index is 1260. The second-order valence-corrected chi connectivity index (χ2v) is 10.1. The summed E-state index contributed by atoms with van der Waals surface area (Å²) in [5, 5.41) is 3.42. The molecule has 37 heavy (non-hydrogen) atoms. The molecule has 2 aromatic carbocycles. The second kappa shape index (κ2) is 9.37. The fourth-order valence-corrected chi connectivity index (χ4v) is 6.15. The minimum Gasteiger partial charge on any atom is -0.496 e. The lowest BCUT2D eigenvalue weighted by Crippen LogP contribution is -2.57. The van der Waals surface area contributed by atoms with Crippen molar-refractivity contribution in [2.75, 3.05) is 27.6 Å². The number of hydrogen-bond acceptors (Lipinski definition) is 8. The van der Waals surface area contributed by atoms with E-state index in [2.05, 4.69) is 5.32 Å². The molecule has 0 aromatic heterocycles. The zero-order valence-corrected chi connectivity index (χ0v) is 21.7. The number of nitrogens with one attached hydrogen (secondary N) is 1. The Labute approximate surface area is 216 Å². The summed E-state index contributed by atoms with van der Waals surface area (Å²) in [6, 6.07) is 10.8. The van der Waals surface area contributed by atoms with Gasteiger partial charge in [0.25, 0.3) is 0 Å². The molecule has 0 saturated carbocycles. The van der Waals surface area contributed by atoms with Crippen molar-refractivity contribution in [3.63, 3.8) is 0 Å². The molecule has 9 heteroatoms. The Morgan fingerprint density at radius 2 is 1.86 bits per heavy atom. The van der Waals surface area contributed by atoms with Gasteiger partial charge in [-0.3, -0.25) is 24.6 Å². The lowest BCUT2D eigenvalue weighted by Gasteiger charge is -2.33. The Kier molecular flexibility index (Phi) is 6.35. The molecule has 1 N–H and O–H groups in total. The van der Waals surface area contributed by atoms with Crippen molar-refractivity contribution >= 4 is 17.8 Å². The molecule has 0 aliphatic carbocycles. The Hall–Kier alpha value is -3.59. The van der Waals surface area contributed by atoms with Gasteiger partial charge in [0.2, 0.25) is 18.6 Å². The van der Waals surface area contributed by atoms with Crippen LogP contribution < -0.4 is 19.5 Å². The maximum Gasteiger partial charge on any atom is 0.326 e. The average Bonchev–Trinajstić information content (AvgIpc) is 3.56. The maximum atomic E-state index is 13.5. The van der Waals surface area contributed by atoms with E-state index in [4.69, 9.17) is 18.9 Å². The number of carbonyl (C=O) groups is 3. The summed E-state index contributed by atoms with van der Waals surface area (Å²) in [4.78, 5) is 41.5. The number of methoxy groups -OCH3 is 2. The number of carbonyl (C=O) groups excluding carboxylic acids is 3. The number of amides is 2. The van der Waals surface area contributed by atoms with Gasteiger partial charge in [-0.2, -0.15) is 0 Å². The topological polar surface area (TPSA) is 103 Å². The van der Waals surface area contributed by atoms with Crippen LogP contribution in [0, 0.1) is 17.8 Å². The van der Waals surface area contributed by atoms with Crippen LogP contribution in [0.25, 0.3) is 11.1 Å². The number of ether oxygens (including phenoxy) is 4. The second-order valence-electron chi connectivity index (χ2n) is 10.1. The van der Waals surface area contributed by atoms with Crippen LogP contribution in [0.4, 0.5) is 0 Å². The van der Waals surface area contributed by atoms with Crippen molar-refractivity contribution in [3.05, 3.63) is 42.0 Å². The quantitative estimate of drug-likeness (QED) is 0.449. The molecule has 0 radical (unpaired) electrons. The highest BCUT2D eigenvalue weighted by Gasteiger charge is 2.68. The third kappa shape index (κ3) is 3.83. The molecule has 2 saturated heterocycles. The standard InChI is InChI=1S/C28H32N2O7/c1-6-30-25(31)22-23(26(30)32)28(13-15(2)3,27(33)35-5)29-24(22)17-7-9-18(20(12-17)34-4)16-8-10-19-21(11-16)37-14-36-19/h7-12,15,22-24,29H,6,13-14H2,1-5H3/t22?,23?,24?,28-/m1/s1. The SMILES string of the molecule is CCN1C(=O)C2C(c3ccc(-c4ccc5c(c4)OCO5)c(OC)c3)N[C@@](CC(C)C)(C(=O)OC)C2C1=O. The van der Waals surface area contributed by atoms with Crippen LogP contribution in [-0.4, -0.2) is 55.8 Å². The predicted molar refractivity (Wildman–Crippen MR) is 134 cm³/mol. The first kappa shape index (κ1) is 25.1. The van der Waals surface area contributed by atoms with Crippen LogP contribution in [0.15, 0.2) is 36.4 Å². The van der Waals surface area contributed by atoms with E-state index in [9.17, 15) is 14.4 Å². The van der Waals surface area contributed by atoms with Gasteiger partial charge in [0.15, 0.2) is 11.5 Å². The summed E-state index contributed by atoms with van der Waals surface area (Å²) < 4.78 is 21.9. The Morgan fingerprint density at radius 1 is 1.11 bits per heavy atom. The molecule has 196 valence electrons. The summed E-state index contributed by atoms with van der Waals surface area (Å²) >= 11 is 0. The number of hydrogen-bond donors (Lipinski definition) is 1. The molecule has 0 spiro atoms. The zero-order valence-electron chi connectivity index (χ0n) is 21.7. The van der Waals surface area contributed by atoms with Crippen molar-refractivity contribution < 1.29 is 33.3 Å². The van der Waals surface area contributed by atoms with Crippen molar-refractivity contribution in [1.82, 2.24) is 10.2 Å². The molecule has 3 aliphatic heterocycles. The normalized spacial score (nSPS) is 26.1.